The minimum absolute atomic E-state index is 0.853. The van der Waals surface area contributed by atoms with Gasteiger partial charge in [-0.2, -0.15) is 0 Å². The Labute approximate surface area is 407 Å². The summed E-state index contributed by atoms with van der Waals surface area (Å²) < 4.78 is 4.94. The largest absolute Gasteiger partial charge is 0.296 e. The van der Waals surface area contributed by atoms with Crippen LogP contribution in [0, 0.1) is 0 Å². The summed E-state index contributed by atoms with van der Waals surface area (Å²) in [5, 5.41) is 20.5. The van der Waals surface area contributed by atoms with E-state index in [0.29, 0.717) is 0 Å². The molecule has 0 bridgehead atoms. The lowest BCUT2D eigenvalue weighted by Gasteiger charge is -2.22. The van der Waals surface area contributed by atoms with Gasteiger partial charge in [0.05, 0.1) is 11.0 Å². The van der Waals surface area contributed by atoms with Gasteiger partial charge in [0.15, 0.2) is 0 Å². The van der Waals surface area contributed by atoms with Gasteiger partial charge in [0.25, 0.3) is 0 Å². The Hall–Kier alpha value is -8.63. The Bertz CT molecular complexity index is 4570. The number of aryl methyl sites for hydroxylation is 1. The summed E-state index contributed by atoms with van der Waals surface area (Å²) in [6.45, 7) is 2.18. The van der Waals surface area contributed by atoms with Crippen LogP contribution < -0.4 is 0 Å². The van der Waals surface area contributed by atoms with Gasteiger partial charge in [-0.1, -0.05) is 183 Å². The highest BCUT2D eigenvalue weighted by Crippen LogP contribution is 2.51. The smallest absolute Gasteiger partial charge is 0.114 e. The van der Waals surface area contributed by atoms with Gasteiger partial charge in [0.1, 0.15) is 5.82 Å². The van der Waals surface area contributed by atoms with Crippen molar-refractivity contribution in [1.29, 1.82) is 0 Å². The number of fused-ring (bicyclic) bond motifs is 14. The average molecular weight is 907 g/mol. The first-order valence-corrected chi connectivity index (χ1v) is 25.2. The molecule has 3 heteroatoms. The molecule has 2 nitrogen and oxygen atoms in total. The molecule has 0 amide bonds. The van der Waals surface area contributed by atoms with Crippen LogP contribution >= 0.6 is 11.3 Å². The van der Waals surface area contributed by atoms with Crippen molar-refractivity contribution >= 4 is 118 Å². The number of nitrogens with zero attached hydrogens (tertiary/aromatic N) is 2. The fourth-order valence-electron chi connectivity index (χ4n) is 12.1. The fraction of sp³-hybridized carbons (Fsp3) is 0.0299. The minimum atomic E-state index is 0.853. The predicted octanol–water partition coefficient (Wildman–Crippen LogP) is 19.0. The molecule has 0 N–H and O–H groups in total. The third-order valence-electron chi connectivity index (χ3n) is 15.1. The van der Waals surface area contributed by atoms with Crippen molar-refractivity contribution in [3.05, 3.63) is 230 Å². The summed E-state index contributed by atoms with van der Waals surface area (Å²) >= 11 is 1.90. The van der Waals surface area contributed by atoms with Gasteiger partial charge in [-0.25, -0.2) is 4.98 Å². The average Bonchev–Trinajstić information content (AvgIpc) is 3.99. The van der Waals surface area contributed by atoms with Crippen LogP contribution in [0.2, 0.25) is 0 Å². The highest BCUT2D eigenvalue weighted by atomic mass is 32.1. The van der Waals surface area contributed by atoms with E-state index in [4.69, 9.17) is 4.98 Å². The van der Waals surface area contributed by atoms with Gasteiger partial charge >= 0.3 is 0 Å². The van der Waals surface area contributed by atoms with Crippen molar-refractivity contribution in [2.75, 3.05) is 0 Å². The van der Waals surface area contributed by atoms with E-state index in [2.05, 4.69) is 236 Å². The van der Waals surface area contributed by atoms with E-state index in [9.17, 15) is 0 Å². The van der Waals surface area contributed by atoms with Gasteiger partial charge in [-0.15, -0.1) is 11.3 Å². The third kappa shape index (κ3) is 5.64. The van der Waals surface area contributed by atoms with E-state index in [0.717, 1.165) is 29.0 Å². The second kappa shape index (κ2) is 15.2. The second-order valence-corrected chi connectivity index (χ2v) is 19.8. The van der Waals surface area contributed by atoms with Crippen molar-refractivity contribution in [2.24, 2.45) is 0 Å². The van der Waals surface area contributed by atoms with Crippen LogP contribution in [0.4, 0.5) is 0 Å². The first-order valence-electron chi connectivity index (χ1n) is 24.3. The van der Waals surface area contributed by atoms with Gasteiger partial charge in [0.2, 0.25) is 0 Å². The van der Waals surface area contributed by atoms with Gasteiger partial charge in [0, 0.05) is 32.3 Å². The molecule has 0 unspecified atom stereocenters. The number of hydrogen-bond donors (Lipinski definition) is 0. The third-order valence-corrected chi connectivity index (χ3v) is 16.2. The fourth-order valence-corrected chi connectivity index (χ4v) is 13.2. The Balaban J connectivity index is 0.954. The Morgan fingerprint density at radius 2 is 0.729 bits per heavy atom. The van der Waals surface area contributed by atoms with Crippen LogP contribution in [0.5, 0.6) is 0 Å². The van der Waals surface area contributed by atoms with Crippen LogP contribution in [0.1, 0.15) is 12.7 Å². The summed E-state index contributed by atoms with van der Waals surface area (Å²) in [7, 11) is 0. The number of thiophene rings is 1. The van der Waals surface area contributed by atoms with E-state index in [-0.39, 0.29) is 0 Å². The molecule has 0 saturated heterocycles. The lowest BCUT2D eigenvalue weighted by Crippen LogP contribution is -2.00. The molecule has 0 saturated carbocycles. The highest BCUT2D eigenvalue weighted by Gasteiger charge is 2.23. The van der Waals surface area contributed by atoms with Crippen LogP contribution in [0.15, 0.2) is 224 Å². The van der Waals surface area contributed by atoms with Crippen LogP contribution in [0.25, 0.3) is 146 Å². The molecule has 326 valence electrons. The number of hydrogen-bond acceptors (Lipinski definition) is 2. The molecule has 0 atom stereocenters. The number of para-hydroxylation sites is 2. The standard InChI is InChI=1S/C67H42N2S/c1-2-63-68-59-29-15-16-30-60(59)69(63)42-34-31-40(32-35-42)64-47-21-7-11-25-51(47)66(52-26-12-8-22-48(52)64)67-53-27-13-9-23-49(53)65(50-24-10-14-28-54(50)67)41-33-36-61-57(37-41)58-38-55-45-19-5-3-17-43(45)44-18-4-6-20-46(44)56(55)39-62(58)70-61/h3-39H,2H2,1H3. The number of imidazole rings is 1. The van der Waals surface area contributed by atoms with E-state index in [1.807, 2.05) is 11.3 Å². The zero-order valence-electron chi connectivity index (χ0n) is 38.4. The Morgan fingerprint density at radius 1 is 0.329 bits per heavy atom. The molecule has 2 aromatic heterocycles. The number of rotatable bonds is 5. The van der Waals surface area contributed by atoms with E-state index >= 15 is 0 Å². The van der Waals surface area contributed by atoms with E-state index in [1.54, 1.807) is 0 Å². The quantitative estimate of drug-likeness (QED) is 0.124. The normalized spacial score (nSPS) is 12.1. The lowest BCUT2D eigenvalue weighted by atomic mass is 9.81. The van der Waals surface area contributed by atoms with Crippen molar-refractivity contribution in [3.8, 4) is 39.1 Å². The summed E-state index contributed by atoms with van der Waals surface area (Å²) in [5.41, 5.74) is 10.8. The molecular weight excluding hydrogens is 865 g/mol. The van der Waals surface area contributed by atoms with Gasteiger partial charge < -0.3 is 0 Å². The minimum Gasteiger partial charge on any atom is -0.296 e. The highest BCUT2D eigenvalue weighted by molar-refractivity contribution is 7.25. The summed E-state index contributed by atoms with van der Waals surface area (Å²) in [6, 6.07) is 83.8. The van der Waals surface area contributed by atoms with Gasteiger partial charge in [-0.3, -0.25) is 4.57 Å². The molecule has 0 aliphatic rings. The monoisotopic (exact) mass is 906 g/mol. The van der Waals surface area contributed by atoms with Crippen molar-refractivity contribution in [2.45, 2.75) is 13.3 Å². The topological polar surface area (TPSA) is 17.8 Å². The zero-order chi connectivity index (χ0) is 46.0. The maximum atomic E-state index is 4.98. The molecule has 15 rings (SSSR count). The molecular formula is C67H42N2S. The number of aromatic nitrogens is 2. The SMILES string of the molecule is CCc1nc2ccccc2n1-c1ccc(-c2c3ccccc3c(-c3c4ccccc4c(-c4ccc5sc6cc7c8ccccc8c8ccccc8c7cc6c5c4)c4ccccc34)c3ccccc23)cc1. The molecule has 0 aliphatic carbocycles. The van der Waals surface area contributed by atoms with Crippen LogP contribution in [-0.4, -0.2) is 9.55 Å². The zero-order valence-corrected chi connectivity index (χ0v) is 39.2. The molecule has 15 aromatic rings. The Kier molecular flexibility index (Phi) is 8.54. The molecule has 0 fully saturated rings. The number of benzene rings is 13. The van der Waals surface area contributed by atoms with Gasteiger partial charge in [-0.05, 0) is 157 Å². The van der Waals surface area contributed by atoms with Crippen molar-refractivity contribution < 1.29 is 0 Å². The first kappa shape index (κ1) is 39.4. The van der Waals surface area contributed by atoms with Crippen LogP contribution in [-0.2, 0) is 6.42 Å². The second-order valence-electron chi connectivity index (χ2n) is 18.7. The predicted molar refractivity (Wildman–Crippen MR) is 302 cm³/mol. The molecule has 0 spiro atoms. The molecule has 13 aromatic carbocycles. The molecule has 0 aliphatic heterocycles. The van der Waals surface area contributed by atoms with Crippen molar-refractivity contribution in [3.63, 3.8) is 0 Å². The molecule has 70 heavy (non-hydrogen) atoms. The summed E-state index contributed by atoms with van der Waals surface area (Å²) in [6.07, 6.45) is 0.853. The molecule has 0 radical (unpaired) electrons. The van der Waals surface area contributed by atoms with E-state index < -0.39 is 0 Å². The molecule has 2 heterocycles. The first-order chi connectivity index (χ1) is 34.7. The van der Waals surface area contributed by atoms with E-state index in [1.165, 1.54) is 129 Å². The summed E-state index contributed by atoms with van der Waals surface area (Å²) in [5.74, 6) is 1.07. The lowest BCUT2D eigenvalue weighted by molar-refractivity contribution is 0.908. The summed E-state index contributed by atoms with van der Waals surface area (Å²) in [4.78, 5) is 4.98. The van der Waals surface area contributed by atoms with Crippen molar-refractivity contribution in [1.82, 2.24) is 9.55 Å². The maximum absolute atomic E-state index is 4.98. The Morgan fingerprint density at radius 3 is 1.24 bits per heavy atom. The van der Waals surface area contributed by atoms with Crippen LogP contribution in [0.3, 0.4) is 0 Å². The maximum Gasteiger partial charge on any atom is 0.114 e.